The van der Waals surface area contributed by atoms with Gasteiger partial charge in [-0.2, -0.15) is 18.2 Å². The number of β-lactam (4-membered cyclic amide) rings is 1. The summed E-state index contributed by atoms with van der Waals surface area (Å²) >= 11 is 0.947. The normalized spacial score (nSPS) is 17.9. The zero-order valence-electron chi connectivity index (χ0n) is 24.1. The number of anilines is 1. The van der Waals surface area contributed by atoms with Gasteiger partial charge in [0.1, 0.15) is 36.2 Å². The molecular weight excluding hydrogens is 640 g/mol. The number of aromatic nitrogens is 3. The number of benzene rings is 1. The molecule has 2 amide bonds. The molecule has 0 bridgehead atoms. The van der Waals surface area contributed by atoms with Crippen molar-refractivity contribution in [3.05, 3.63) is 35.5 Å². The van der Waals surface area contributed by atoms with E-state index in [1.54, 1.807) is 40.8 Å². The molecule has 2 aromatic heterocycles. The highest BCUT2D eigenvalue weighted by atomic mass is 32.3. The Morgan fingerprint density at radius 1 is 1.33 bits per heavy atom. The number of nitrogen functional groups attached to an aromatic ring is 1. The summed E-state index contributed by atoms with van der Waals surface area (Å²) < 4.78 is 44.6. The van der Waals surface area contributed by atoms with Crippen molar-refractivity contribution in [1.29, 1.82) is 0 Å². The fourth-order valence-corrected chi connectivity index (χ4v) is 5.45. The summed E-state index contributed by atoms with van der Waals surface area (Å²) in [7, 11) is -3.23. The summed E-state index contributed by atoms with van der Waals surface area (Å²) in [4.78, 5) is 46.8. The number of carbonyl (C=O) groups excluding carboxylic acids is 2. The van der Waals surface area contributed by atoms with Gasteiger partial charge in [0.25, 0.3) is 17.9 Å². The third-order valence-corrected chi connectivity index (χ3v) is 7.88. The van der Waals surface area contributed by atoms with E-state index in [0.29, 0.717) is 10.8 Å². The molecule has 19 nitrogen and oxygen atoms in total. The zero-order valence-corrected chi connectivity index (χ0v) is 25.7. The van der Waals surface area contributed by atoms with Crippen LogP contribution in [-0.4, -0.2) is 98.9 Å². The number of hydrogen-bond donors (Lipinski definition) is 6. The fraction of sp³-hybridized carbons (Fsp3) is 0.417. The molecule has 0 spiro atoms. The number of nitrogens with one attached hydrogen (secondary N) is 1. The van der Waals surface area contributed by atoms with Gasteiger partial charge in [-0.3, -0.25) is 14.1 Å². The lowest BCUT2D eigenvalue weighted by Gasteiger charge is -2.50. The van der Waals surface area contributed by atoms with Gasteiger partial charge in [-0.25, -0.2) is 9.78 Å². The number of carboxylic acids is 1. The molecule has 45 heavy (non-hydrogen) atoms. The van der Waals surface area contributed by atoms with E-state index in [2.05, 4.69) is 19.7 Å². The average molecular weight is 672 g/mol. The van der Waals surface area contributed by atoms with Gasteiger partial charge in [-0.05, 0) is 32.0 Å². The summed E-state index contributed by atoms with van der Waals surface area (Å²) in [6.07, 6.45) is 0.0505. The fourth-order valence-electron chi connectivity index (χ4n) is 4.45. The van der Waals surface area contributed by atoms with Gasteiger partial charge in [-0.15, -0.1) is 20.3 Å². The zero-order chi connectivity index (χ0) is 33.3. The molecule has 3 heterocycles. The maximum absolute atomic E-state index is 13.2. The number of nitrogens with zero attached hydrogens (tertiary/aromatic N) is 5. The van der Waals surface area contributed by atoms with Crippen LogP contribution in [0.15, 0.2) is 34.9 Å². The van der Waals surface area contributed by atoms with Crippen molar-refractivity contribution in [3.8, 4) is 5.75 Å². The van der Waals surface area contributed by atoms with Crippen LogP contribution in [0.3, 0.4) is 0 Å². The molecule has 4 rings (SSSR count). The number of fused-ring (bicyclic) bond motifs is 1. The summed E-state index contributed by atoms with van der Waals surface area (Å²) in [5, 5.41) is 27.9. The Labute approximate surface area is 259 Å². The van der Waals surface area contributed by atoms with E-state index in [9.17, 15) is 33.0 Å². The number of aliphatic carboxylic acids is 1. The number of rotatable bonds is 14. The number of aliphatic hydroxyl groups excluding tert-OH is 1. The van der Waals surface area contributed by atoms with Gasteiger partial charge in [0.05, 0.1) is 24.5 Å². The molecule has 1 fully saturated rings. The van der Waals surface area contributed by atoms with Crippen LogP contribution in [0.2, 0.25) is 0 Å². The second-order valence-corrected chi connectivity index (χ2v) is 12.2. The smallest absolute Gasteiger partial charge is 0.418 e. The third-order valence-electron chi connectivity index (χ3n) is 6.87. The highest BCUT2D eigenvalue weighted by Gasteiger charge is 2.58. The lowest BCUT2D eigenvalue weighted by atomic mass is 9.84. The Bertz CT molecular complexity index is 1750. The van der Waals surface area contributed by atoms with E-state index < -0.39 is 58.2 Å². The van der Waals surface area contributed by atoms with Gasteiger partial charge in [0.15, 0.2) is 10.8 Å². The number of aryl methyl sites for hydroxylation is 1. The molecule has 1 aliphatic rings. The Morgan fingerprint density at radius 2 is 2.04 bits per heavy atom. The van der Waals surface area contributed by atoms with E-state index in [0.717, 1.165) is 22.2 Å². The van der Waals surface area contributed by atoms with Crippen molar-refractivity contribution in [1.82, 2.24) is 20.0 Å². The highest BCUT2D eigenvalue weighted by Crippen LogP contribution is 2.33. The van der Waals surface area contributed by atoms with Gasteiger partial charge in [0.2, 0.25) is 12.2 Å². The van der Waals surface area contributed by atoms with Crippen LogP contribution in [0.5, 0.6) is 5.75 Å². The first kappa shape index (κ1) is 33.5. The van der Waals surface area contributed by atoms with Gasteiger partial charge < -0.3 is 36.6 Å². The van der Waals surface area contributed by atoms with E-state index in [-0.39, 0.29) is 30.0 Å². The molecule has 3 aromatic rings. The Balaban J connectivity index is 1.51. The van der Waals surface area contributed by atoms with Crippen LogP contribution in [0.25, 0.3) is 10.9 Å². The number of carboxylic acid groups (broad SMARTS) is 1. The second-order valence-electron chi connectivity index (χ2n) is 10.3. The lowest BCUT2D eigenvalue weighted by Crippen LogP contribution is -2.76. The van der Waals surface area contributed by atoms with Crippen molar-refractivity contribution in [3.63, 3.8) is 0 Å². The molecule has 1 saturated heterocycles. The van der Waals surface area contributed by atoms with Crippen molar-refractivity contribution in [2.45, 2.75) is 37.6 Å². The minimum absolute atomic E-state index is 0.0470. The summed E-state index contributed by atoms with van der Waals surface area (Å²) in [6.45, 7) is 2.20. The molecule has 1 aromatic carbocycles. The SMILES string of the molecule is Cn1c2ccc(OCC(O/N=C(\C(=O)N[C@@H]3C(=O)N(OS(=O)(=O)O)C3(C)C)c3csc(N)n3)C(=O)O)cc2c[n+]1C(CN)CO. The predicted octanol–water partition coefficient (Wildman–Crippen LogP) is -1.91. The van der Waals surface area contributed by atoms with Crippen LogP contribution in [0.4, 0.5) is 5.13 Å². The first-order valence-electron chi connectivity index (χ1n) is 13.0. The van der Waals surface area contributed by atoms with Crippen molar-refractivity contribution in [2.75, 3.05) is 25.5 Å². The first-order chi connectivity index (χ1) is 21.1. The van der Waals surface area contributed by atoms with E-state index in [4.69, 9.17) is 25.6 Å². The standard InChI is InChI=1S/C24H30N8O11S2/c1-24(2)19(21(35)32(24)43-45(38,39)40)28-20(34)18(15-11-44-23(26)27-15)29-42-17(22(36)37)10-41-14-4-5-16-12(6-14)8-31(30(16)3)13(7-25)9-33/h4-6,8,11,13,17,19,33H,7,9-10,25H2,1-3H3,(H4-,26,27,28,34,36,37,38,39,40)/p+1/b29-18-/t13?,17?,19-/m1/s1. The van der Waals surface area contributed by atoms with Crippen molar-refractivity contribution < 1.29 is 56.1 Å². The van der Waals surface area contributed by atoms with Crippen molar-refractivity contribution >= 4 is 61.3 Å². The molecule has 3 atom stereocenters. The largest absolute Gasteiger partial charge is 0.489 e. The average Bonchev–Trinajstić information content (AvgIpc) is 3.54. The number of hydroxylamine groups is 2. The van der Waals surface area contributed by atoms with E-state index in [1.165, 1.54) is 19.2 Å². The molecule has 0 saturated carbocycles. The maximum Gasteiger partial charge on any atom is 0.418 e. The Morgan fingerprint density at radius 3 is 2.60 bits per heavy atom. The molecule has 244 valence electrons. The number of oxime groups is 1. The number of aliphatic hydroxyl groups is 1. The molecule has 0 radical (unpaired) electrons. The molecule has 8 N–H and O–H groups in total. The molecule has 1 aliphatic heterocycles. The topological polar surface area (TPSA) is 275 Å². The van der Waals surface area contributed by atoms with Crippen LogP contribution >= 0.6 is 11.3 Å². The second kappa shape index (κ2) is 12.9. The van der Waals surface area contributed by atoms with Gasteiger partial charge in [-0.1, -0.05) is 5.16 Å². The van der Waals surface area contributed by atoms with E-state index >= 15 is 0 Å². The minimum Gasteiger partial charge on any atom is -0.489 e. The Kier molecular flexibility index (Phi) is 9.60. The Hall–Kier alpha value is -4.41. The van der Waals surface area contributed by atoms with Crippen LogP contribution in [0, 0.1) is 0 Å². The monoisotopic (exact) mass is 671 g/mol. The molecule has 2 unspecified atom stereocenters. The number of thiazole rings is 1. The van der Waals surface area contributed by atoms with Gasteiger partial charge >= 0.3 is 16.4 Å². The lowest BCUT2D eigenvalue weighted by molar-refractivity contribution is -0.792. The minimum atomic E-state index is -5.02. The third kappa shape index (κ3) is 7.13. The first-order valence-corrected chi connectivity index (χ1v) is 15.3. The van der Waals surface area contributed by atoms with Crippen molar-refractivity contribution in [2.24, 2.45) is 17.9 Å². The number of nitrogens with two attached hydrogens (primary N) is 2. The summed E-state index contributed by atoms with van der Waals surface area (Å²) in [5.41, 5.74) is 10.1. The maximum atomic E-state index is 13.2. The van der Waals surface area contributed by atoms with Crippen LogP contribution in [-0.2, 0) is 41.0 Å². The van der Waals surface area contributed by atoms with Crippen LogP contribution < -0.4 is 26.2 Å². The highest BCUT2D eigenvalue weighted by molar-refractivity contribution is 7.80. The molecule has 21 heteroatoms. The summed E-state index contributed by atoms with van der Waals surface area (Å²) in [5.74, 6) is -3.22. The summed E-state index contributed by atoms with van der Waals surface area (Å²) in [6, 6.07) is 3.31. The van der Waals surface area contributed by atoms with E-state index in [1.807, 2.05) is 0 Å². The van der Waals surface area contributed by atoms with Gasteiger partial charge in [0, 0.05) is 5.38 Å². The predicted molar refractivity (Wildman–Crippen MR) is 155 cm³/mol. The quantitative estimate of drug-likeness (QED) is 0.0359. The number of carbonyl (C=O) groups is 3. The molecule has 0 aliphatic carbocycles. The molecular formula is C24H31N8O11S2+. The number of hydrogen-bond acceptors (Lipinski definition) is 14. The number of ether oxygens (including phenoxy) is 1. The van der Waals surface area contributed by atoms with Crippen LogP contribution in [0.1, 0.15) is 25.6 Å². The number of amides is 2.